The fraction of sp³-hybridized carbons (Fsp3) is 0.308. The number of hydrogen-bond acceptors (Lipinski definition) is 6. The third-order valence-corrected chi connectivity index (χ3v) is 6.18. The molecule has 2 heterocycles. The highest BCUT2D eigenvalue weighted by molar-refractivity contribution is 7.91. The number of thiazole rings is 1. The summed E-state index contributed by atoms with van der Waals surface area (Å²) in [5, 5.41) is 8.87. The molecule has 1 atom stereocenters. The average molecular weight is 377 g/mol. The molecule has 23 heavy (non-hydrogen) atoms. The van der Waals surface area contributed by atoms with Gasteiger partial charge < -0.3 is 10.2 Å². The number of sulfonamides is 1. The van der Waals surface area contributed by atoms with Crippen molar-refractivity contribution in [2.24, 2.45) is 5.14 Å². The van der Waals surface area contributed by atoms with Crippen LogP contribution in [-0.2, 0) is 10.0 Å². The molecule has 1 aromatic heterocycles. The Morgan fingerprint density at radius 2 is 2.26 bits per heavy atom. The predicted molar refractivity (Wildman–Crippen MR) is 89.1 cm³/mol. The highest BCUT2D eigenvalue weighted by Gasteiger charge is 2.24. The van der Waals surface area contributed by atoms with Gasteiger partial charge in [-0.25, -0.2) is 22.9 Å². The second kappa shape index (κ2) is 6.23. The van der Waals surface area contributed by atoms with E-state index in [0.29, 0.717) is 11.7 Å². The number of rotatable bonds is 4. The number of benzene rings is 1. The van der Waals surface area contributed by atoms with Crippen LogP contribution in [0.15, 0.2) is 28.6 Å². The summed E-state index contributed by atoms with van der Waals surface area (Å²) in [6.07, 6.45) is 2.09. The molecule has 0 radical (unpaired) electrons. The van der Waals surface area contributed by atoms with Gasteiger partial charge in [-0.15, -0.1) is 0 Å². The Morgan fingerprint density at radius 1 is 1.48 bits per heavy atom. The van der Waals surface area contributed by atoms with E-state index in [0.717, 1.165) is 30.0 Å². The Morgan fingerprint density at radius 3 is 2.91 bits per heavy atom. The maximum absolute atomic E-state index is 13.2. The third-order valence-electron chi connectivity index (χ3n) is 3.55. The van der Waals surface area contributed by atoms with Gasteiger partial charge in [0.1, 0.15) is 5.82 Å². The molecule has 6 nitrogen and oxygen atoms in total. The molecule has 1 aliphatic rings. The molecule has 0 saturated carbocycles. The van der Waals surface area contributed by atoms with Gasteiger partial charge in [0.15, 0.2) is 9.34 Å². The summed E-state index contributed by atoms with van der Waals surface area (Å²) in [7, 11) is -3.72. The maximum Gasteiger partial charge on any atom is 0.249 e. The molecule has 0 amide bonds. The first-order chi connectivity index (χ1) is 10.8. The largest absolute Gasteiger partial charge is 0.369 e. The first-order valence-corrected chi connectivity index (χ1v) is 9.52. The highest BCUT2D eigenvalue weighted by atomic mass is 35.5. The lowest BCUT2D eigenvalue weighted by molar-refractivity contribution is 0.599. The van der Waals surface area contributed by atoms with Crippen molar-refractivity contribution in [1.29, 1.82) is 0 Å². The number of anilines is 2. The summed E-state index contributed by atoms with van der Waals surface area (Å²) < 4.78 is 35.7. The lowest BCUT2D eigenvalue weighted by Gasteiger charge is -2.19. The van der Waals surface area contributed by atoms with Crippen molar-refractivity contribution in [3.05, 3.63) is 35.2 Å². The number of halogens is 2. The van der Waals surface area contributed by atoms with Gasteiger partial charge in [0.25, 0.3) is 0 Å². The minimum atomic E-state index is -3.72. The van der Waals surface area contributed by atoms with E-state index in [1.54, 1.807) is 12.1 Å². The van der Waals surface area contributed by atoms with Crippen molar-refractivity contribution in [2.45, 2.75) is 16.7 Å². The van der Waals surface area contributed by atoms with Crippen LogP contribution in [-0.4, -0.2) is 32.5 Å². The summed E-state index contributed by atoms with van der Waals surface area (Å²) >= 11 is 6.81. The summed E-state index contributed by atoms with van der Waals surface area (Å²) in [6.45, 7) is 1.47. The SMILES string of the molecule is NS(=O)(=O)c1cnc(NC2CCN(c3ccc(F)c(Cl)c3)C2)s1. The van der Waals surface area contributed by atoms with E-state index < -0.39 is 15.8 Å². The van der Waals surface area contributed by atoms with Crippen LogP contribution < -0.4 is 15.4 Å². The Kier molecular flexibility index (Phi) is 4.45. The van der Waals surface area contributed by atoms with E-state index in [4.69, 9.17) is 16.7 Å². The van der Waals surface area contributed by atoms with E-state index in [1.807, 2.05) is 0 Å². The lowest BCUT2D eigenvalue weighted by Crippen LogP contribution is -2.25. The minimum Gasteiger partial charge on any atom is -0.369 e. The molecule has 0 bridgehead atoms. The Hall–Kier alpha value is -1.42. The van der Waals surface area contributed by atoms with Gasteiger partial charge in [0.05, 0.1) is 11.2 Å². The number of nitrogens with one attached hydrogen (secondary N) is 1. The van der Waals surface area contributed by atoms with E-state index >= 15 is 0 Å². The topological polar surface area (TPSA) is 88.3 Å². The molecule has 1 fully saturated rings. The zero-order valence-corrected chi connectivity index (χ0v) is 14.3. The standard InChI is InChI=1S/C13H14ClFN4O2S2/c14-10-5-9(1-2-11(10)15)19-4-3-8(7-19)18-13-17-6-12(22-13)23(16,20)21/h1-2,5-6,8H,3-4,7H2,(H,17,18)(H2,16,20,21). The summed E-state index contributed by atoms with van der Waals surface area (Å²) in [4.78, 5) is 6.11. The van der Waals surface area contributed by atoms with Gasteiger partial charge in [0.2, 0.25) is 10.0 Å². The van der Waals surface area contributed by atoms with Crippen LogP contribution in [0.1, 0.15) is 6.42 Å². The number of aromatic nitrogens is 1. The van der Waals surface area contributed by atoms with Crippen LogP contribution in [0.4, 0.5) is 15.2 Å². The molecule has 3 rings (SSSR count). The van der Waals surface area contributed by atoms with Crippen molar-refractivity contribution in [3.8, 4) is 0 Å². The Balaban J connectivity index is 1.66. The van der Waals surface area contributed by atoms with Crippen LogP contribution in [0.2, 0.25) is 5.02 Å². The average Bonchev–Trinajstić information content (AvgIpc) is 3.11. The fourth-order valence-electron chi connectivity index (χ4n) is 2.43. The second-order valence-corrected chi connectivity index (χ2v) is 8.43. The van der Waals surface area contributed by atoms with E-state index in [-0.39, 0.29) is 15.3 Å². The van der Waals surface area contributed by atoms with Gasteiger partial charge in [-0.3, -0.25) is 0 Å². The smallest absolute Gasteiger partial charge is 0.249 e. The molecular formula is C13H14ClFN4O2S2. The minimum absolute atomic E-state index is 0.0279. The van der Waals surface area contributed by atoms with Crippen molar-refractivity contribution < 1.29 is 12.8 Å². The van der Waals surface area contributed by atoms with Gasteiger partial charge in [-0.2, -0.15) is 0 Å². The Labute approximate surface area is 142 Å². The van der Waals surface area contributed by atoms with Crippen LogP contribution in [0.25, 0.3) is 0 Å². The monoisotopic (exact) mass is 376 g/mol. The molecule has 3 N–H and O–H groups in total. The normalized spacial score (nSPS) is 18.4. The number of hydrogen-bond donors (Lipinski definition) is 2. The molecule has 2 aromatic rings. The number of primary sulfonamides is 1. The summed E-state index contributed by atoms with van der Waals surface area (Å²) in [5.41, 5.74) is 0.852. The fourth-order valence-corrected chi connectivity index (χ4v) is 4.13. The zero-order chi connectivity index (χ0) is 16.6. The first kappa shape index (κ1) is 16.4. The van der Waals surface area contributed by atoms with E-state index in [1.165, 1.54) is 12.3 Å². The molecule has 0 aliphatic carbocycles. The van der Waals surface area contributed by atoms with Gasteiger partial charge in [-0.05, 0) is 24.6 Å². The van der Waals surface area contributed by atoms with Crippen molar-refractivity contribution in [1.82, 2.24) is 4.98 Å². The van der Waals surface area contributed by atoms with Gasteiger partial charge in [0, 0.05) is 24.8 Å². The highest BCUT2D eigenvalue weighted by Crippen LogP contribution is 2.28. The third kappa shape index (κ3) is 3.74. The van der Waals surface area contributed by atoms with E-state index in [2.05, 4.69) is 15.2 Å². The molecular weight excluding hydrogens is 363 g/mol. The predicted octanol–water partition coefficient (Wildman–Crippen LogP) is 2.27. The molecule has 124 valence electrons. The van der Waals surface area contributed by atoms with Crippen molar-refractivity contribution >= 4 is 43.8 Å². The summed E-state index contributed by atoms with van der Waals surface area (Å²) in [6, 6.07) is 4.74. The molecule has 1 saturated heterocycles. The van der Waals surface area contributed by atoms with Crippen molar-refractivity contribution in [3.63, 3.8) is 0 Å². The second-order valence-electron chi connectivity index (χ2n) is 5.20. The summed E-state index contributed by atoms with van der Waals surface area (Å²) in [5.74, 6) is -0.442. The van der Waals surface area contributed by atoms with Crippen LogP contribution in [0.3, 0.4) is 0 Å². The van der Waals surface area contributed by atoms with Crippen LogP contribution >= 0.6 is 22.9 Å². The molecule has 1 aliphatic heterocycles. The number of nitrogens with zero attached hydrogens (tertiary/aromatic N) is 2. The van der Waals surface area contributed by atoms with Crippen molar-refractivity contribution in [2.75, 3.05) is 23.3 Å². The van der Waals surface area contributed by atoms with Crippen LogP contribution in [0.5, 0.6) is 0 Å². The Bertz CT molecular complexity index is 827. The number of nitrogens with two attached hydrogens (primary N) is 1. The quantitative estimate of drug-likeness (QED) is 0.854. The lowest BCUT2D eigenvalue weighted by atomic mass is 10.3. The zero-order valence-electron chi connectivity index (χ0n) is 11.9. The van der Waals surface area contributed by atoms with E-state index in [9.17, 15) is 12.8 Å². The maximum atomic E-state index is 13.2. The molecule has 1 unspecified atom stereocenters. The molecule has 10 heteroatoms. The van der Waals surface area contributed by atoms with Gasteiger partial charge in [-0.1, -0.05) is 22.9 Å². The first-order valence-electron chi connectivity index (χ1n) is 6.78. The van der Waals surface area contributed by atoms with Crippen LogP contribution in [0, 0.1) is 5.82 Å². The molecule has 1 aromatic carbocycles. The van der Waals surface area contributed by atoms with Gasteiger partial charge >= 0.3 is 0 Å². The molecule has 0 spiro atoms.